The Labute approximate surface area is 179 Å². The van der Waals surface area contributed by atoms with E-state index < -0.39 is 12.8 Å². The molecule has 1 aromatic carbocycles. The number of aromatic nitrogens is 5. The topological polar surface area (TPSA) is 79.4 Å². The fourth-order valence-corrected chi connectivity index (χ4v) is 3.80. The van der Waals surface area contributed by atoms with Gasteiger partial charge in [0, 0.05) is 10.6 Å². The van der Waals surface area contributed by atoms with Crippen LogP contribution in [0.25, 0.3) is 17.1 Å². The number of alkyl halides is 3. The number of aliphatic imine (C=N–C) groups is 1. The maximum Gasteiger partial charge on any atom is 0.411 e. The van der Waals surface area contributed by atoms with Crippen molar-refractivity contribution < 1.29 is 22.6 Å². The van der Waals surface area contributed by atoms with E-state index in [1.54, 1.807) is 23.0 Å². The second-order valence-electron chi connectivity index (χ2n) is 7.30. The Morgan fingerprint density at radius 1 is 1.29 bits per heavy atom. The van der Waals surface area contributed by atoms with Crippen LogP contribution in [-0.4, -0.2) is 55.6 Å². The van der Waals surface area contributed by atoms with Gasteiger partial charge in [0.05, 0.1) is 24.0 Å². The van der Waals surface area contributed by atoms with Crippen LogP contribution in [0.4, 0.5) is 13.2 Å². The fraction of sp³-hybridized carbons (Fsp3) is 0.368. The van der Waals surface area contributed by atoms with Crippen molar-refractivity contribution in [3.63, 3.8) is 0 Å². The number of fused-ring (bicyclic) bond motifs is 5. The second kappa shape index (κ2) is 7.34. The van der Waals surface area contributed by atoms with Crippen LogP contribution in [0.2, 0.25) is 5.02 Å². The third-order valence-corrected chi connectivity index (χ3v) is 5.19. The highest BCUT2D eigenvalue weighted by Crippen LogP contribution is 2.34. The van der Waals surface area contributed by atoms with Gasteiger partial charge < -0.3 is 14.0 Å². The summed E-state index contributed by atoms with van der Waals surface area (Å²) >= 11 is 6.22. The van der Waals surface area contributed by atoms with Crippen molar-refractivity contribution >= 4 is 17.5 Å². The van der Waals surface area contributed by atoms with Crippen LogP contribution in [0, 0.1) is 0 Å². The smallest absolute Gasteiger partial charge is 0.411 e. The van der Waals surface area contributed by atoms with Gasteiger partial charge in [-0.15, -0.1) is 10.2 Å². The van der Waals surface area contributed by atoms with Crippen LogP contribution < -0.4 is 0 Å². The number of nitrogens with zero attached hydrogens (tertiary/aromatic N) is 6. The third-order valence-electron chi connectivity index (χ3n) is 4.96. The summed E-state index contributed by atoms with van der Waals surface area (Å²) in [4.78, 5) is 8.99. The number of benzene rings is 1. The molecule has 2 aliphatic rings. The summed E-state index contributed by atoms with van der Waals surface area (Å²) in [6.45, 7) is 0.921. The Kier molecular flexibility index (Phi) is 4.74. The number of halogens is 4. The Morgan fingerprint density at radius 3 is 2.87 bits per heavy atom. The normalized spacial score (nSPS) is 17.5. The molecule has 0 N–H and O–H groups in total. The van der Waals surface area contributed by atoms with Gasteiger partial charge in [-0.3, -0.25) is 4.57 Å². The van der Waals surface area contributed by atoms with Gasteiger partial charge in [0.25, 0.3) is 0 Å². The van der Waals surface area contributed by atoms with Crippen molar-refractivity contribution in [1.82, 2.24) is 24.3 Å². The zero-order valence-corrected chi connectivity index (χ0v) is 17.0. The van der Waals surface area contributed by atoms with Crippen molar-refractivity contribution in [1.29, 1.82) is 0 Å². The predicted molar refractivity (Wildman–Crippen MR) is 104 cm³/mol. The lowest BCUT2D eigenvalue weighted by atomic mass is 10.1. The Balaban J connectivity index is 1.61. The molecule has 12 heteroatoms. The number of hydrogen-bond acceptors (Lipinski definition) is 6. The lowest BCUT2D eigenvalue weighted by Gasteiger charge is -2.11. The zero-order chi connectivity index (χ0) is 21.8. The molecule has 0 fully saturated rings. The highest BCUT2D eigenvalue weighted by Gasteiger charge is 2.31. The third kappa shape index (κ3) is 3.68. The summed E-state index contributed by atoms with van der Waals surface area (Å²) < 4.78 is 51.7. The van der Waals surface area contributed by atoms with Crippen LogP contribution in [0.3, 0.4) is 0 Å². The highest BCUT2D eigenvalue weighted by atomic mass is 35.5. The largest absolute Gasteiger partial charge is 0.474 e. The standard InChI is InChI=1S/C19H16ClF3N6O2/c1-10-6-31-18(25-10)16-14-5-28-15(7-30-8-19(21,22)23)26-27-17(28)12-4-11(20)2-3-13(12)29(14)9-24-16/h2-4,9-10H,5-8H2,1H3/t10-/m0/s1. The van der Waals surface area contributed by atoms with E-state index in [0.29, 0.717) is 34.6 Å². The molecule has 4 heterocycles. The van der Waals surface area contributed by atoms with E-state index in [1.807, 2.05) is 17.6 Å². The molecule has 2 aromatic heterocycles. The van der Waals surface area contributed by atoms with Crippen molar-refractivity contribution in [2.75, 3.05) is 13.2 Å². The molecule has 0 spiro atoms. The molecular formula is C19H16ClF3N6O2. The van der Waals surface area contributed by atoms with Crippen LogP contribution in [-0.2, 0) is 22.6 Å². The Morgan fingerprint density at radius 2 is 2.13 bits per heavy atom. The predicted octanol–water partition coefficient (Wildman–Crippen LogP) is 3.39. The van der Waals surface area contributed by atoms with Crippen LogP contribution >= 0.6 is 11.6 Å². The number of hydrogen-bond donors (Lipinski definition) is 0. The zero-order valence-electron chi connectivity index (χ0n) is 16.2. The molecule has 0 saturated carbocycles. The molecule has 0 aliphatic carbocycles. The summed E-state index contributed by atoms with van der Waals surface area (Å²) in [5.41, 5.74) is 2.74. The van der Waals surface area contributed by atoms with Gasteiger partial charge in [-0.2, -0.15) is 13.2 Å². The minimum Gasteiger partial charge on any atom is -0.474 e. The van der Waals surface area contributed by atoms with Crippen molar-refractivity contribution in [2.45, 2.75) is 32.3 Å². The van der Waals surface area contributed by atoms with Crippen LogP contribution in [0.1, 0.15) is 24.1 Å². The molecule has 31 heavy (non-hydrogen) atoms. The summed E-state index contributed by atoms with van der Waals surface area (Å²) in [7, 11) is 0. The first-order valence-electron chi connectivity index (χ1n) is 9.44. The molecular weight excluding hydrogens is 437 g/mol. The minimum atomic E-state index is -4.43. The maximum atomic E-state index is 12.5. The molecule has 8 nitrogen and oxygen atoms in total. The molecule has 0 amide bonds. The van der Waals surface area contributed by atoms with Crippen LogP contribution in [0.5, 0.6) is 0 Å². The van der Waals surface area contributed by atoms with Gasteiger partial charge in [0.15, 0.2) is 11.6 Å². The number of imidazole rings is 1. The molecule has 162 valence electrons. The minimum absolute atomic E-state index is 0.0148. The fourth-order valence-electron chi connectivity index (χ4n) is 3.63. The highest BCUT2D eigenvalue weighted by molar-refractivity contribution is 6.31. The average molecular weight is 453 g/mol. The molecule has 2 aliphatic heterocycles. The van der Waals surface area contributed by atoms with E-state index >= 15 is 0 Å². The van der Waals surface area contributed by atoms with Crippen molar-refractivity contribution in [3.8, 4) is 17.1 Å². The maximum absolute atomic E-state index is 12.5. The van der Waals surface area contributed by atoms with E-state index in [4.69, 9.17) is 21.1 Å². The van der Waals surface area contributed by atoms with Crippen LogP contribution in [0.15, 0.2) is 29.5 Å². The number of rotatable bonds is 4. The lowest BCUT2D eigenvalue weighted by molar-refractivity contribution is -0.177. The molecule has 3 aromatic rings. The van der Waals surface area contributed by atoms with E-state index in [-0.39, 0.29) is 25.0 Å². The van der Waals surface area contributed by atoms with E-state index in [2.05, 4.69) is 20.2 Å². The molecule has 0 radical (unpaired) electrons. The monoisotopic (exact) mass is 452 g/mol. The lowest BCUT2D eigenvalue weighted by Crippen LogP contribution is -2.18. The Bertz CT molecular complexity index is 1190. The van der Waals surface area contributed by atoms with Gasteiger partial charge in [-0.25, -0.2) is 9.98 Å². The van der Waals surface area contributed by atoms with Gasteiger partial charge in [0.2, 0.25) is 5.90 Å². The quantitative estimate of drug-likeness (QED) is 0.474. The van der Waals surface area contributed by atoms with E-state index in [1.165, 1.54) is 0 Å². The Hall–Kier alpha value is -2.92. The van der Waals surface area contributed by atoms with Crippen molar-refractivity contribution in [2.24, 2.45) is 4.99 Å². The summed E-state index contributed by atoms with van der Waals surface area (Å²) in [5.74, 6) is 1.16. The molecule has 0 saturated heterocycles. The van der Waals surface area contributed by atoms with Gasteiger partial charge >= 0.3 is 6.18 Å². The molecule has 0 bridgehead atoms. The van der Waals surface area contributed by atoms with Gasteiger partial charge in [-0.05, 0) is 25.1 Å². The molecule has 0 unspecified atom stereocenters. The first-order valence-corrected chi connectivity index (χ1v) is 9.82. The summed E-state index contributed by atoms with van der Waals surface area (Å²) in [5, 5.41) is 8.77. The summed E-state index contributed by atoms with van der Waals surface area (Å²) in [6, 6.07) is 5.32. The van der Waals surface area contributed by atoms with E-state index in [0.717, 1.165) is 11.4 Å². The molecule has 1 atom stereocenters. The molecule has 5 rings (SSSR count). The average Bonchev–Trinajstić information content (AvgIpc) is 3.39. The first-order chi connectivity index (χ1) is 14.8. The SMILES string of the molecule is C[C@H]1COC(c2ncn3c2Cn2c(COCC(F)(F)F)nnc2-c2cc(Cl)ccc2-3)=N1. The van der Waals surface area contributed by atoms with E-state index in [9.17, 15) is 13.2 Å². The first kappa shape index (κ1) is 20.0. The second-order valence-corrected chi connectivity index (χ2v) is 7.74. The summed E-state index contributed by atoms with van der Waals surface area (Å²) in [6.07, 6.45) is -2.77. The van der Waals surface area contributed by atoms with Crippen molar-refractivity contribution in [3.05, 3.63) is 46.8 Å². The van der Waals surface area contributed by atoms with Gasteiger partial charge in [-0.1, -0.05) is 11.6 Å². The number of ether oxygens (including phenoxy) is 2. The van der Waals surface area contributed by atoms with Gasteiger partial charge in [0.1, 0.15) is 31.8 Å².